The average Bonchev–Trinajstić information content (AvgIpc) is 2.92. The van der Waals surface area contributed by atoms with Gasteiger partial charge in [0, 0.05) is 12.6 Å². The van der Waals surface area contributed by atoms with Gasteiger partial charge in [0.2, 0.25) is 0 Å². The molecule has 3 unspecified atom stereocenters. The van der Waals surface area contributed by atoms with Crippen LogP contribution in [0.4, 0.5) is 4.79 Å². The minimum absolute atomic E-state index is 0.00991. The Hall–Kier alpha value is -1.35. The number of amides is 2. The topological polar surface area (TPSA) is 113 Å². The lowest BCUT2D eigenvalue weighted by molar-refractivity contribution is -0.138. The van der Waals surface area contributed by atoms with Crippen molar-refractivity contribution in [1.29, 1.82) is 0 Å². The van der Waals surface area contributed by atoms with Crippen LogP contribution < -0.4 is 5.32 Å². The van der Waals surface area contributed by atoms with E-state index in [1.54, 1.807) is 0 Å². The number of hydrogen-bond donors (Lipinski definition) is 2. The number of ether oxygens (including phenoxy) is 1. The van der Waals surface area contributed by atoms with E-state index in [9.17, 15) is 18.0 Å². The first kappa shape index (κ1) is 16.0. The van der Waals surface area contributed by atoms with Crippen molar-refractivity contribution in [2.45, 2.75) is 38.0 Å². The fourth-order valence-corrected chi connectivity index (χ4v) is 4.43. The Balaban J connectivity index is 2.04. The number of sulfone groups is 1. The molecule has 2 rings (SSSR count). The zero-order valence-electron chi connectivity index (χ0n) is 11.8. The second-order valence-electron chi connectivity index (χ2n) is 5.50. The summed E-state index contributed by atoms with van der Waals surface area (Å²) in [7, 11) is -3.19. The standard InChI is InChI=1S/C12H20N2O6S/c1-8-10(2-4-20-8)13-12(17)14(6-11(15)16)9-3-5-21(18,19)7-9/h8-10H,2-7H2,1H3,(H,13,17)(H,15,16). The number of rotatable bonds is 4. The third-order valence-corrected chi connectivity index (χ3v) is 5.65. The van der Waals surface area contributed by atoms with E-state index in [1.165, 1.54) is 0 Å². The number of hydrogen-bond acceptors (Lipinski definition) is 5. The molecule has 0 spiro atoms. The molecule has 21 heavy (non-hydrogen) atoms. The molecule has 0 aliphatic carbocycles. The molecule has 0 aromatic rings. The number of carbonyl (C=O) groups excluding carboxylic acids is 1. The first-order chi connectivity index (χ1) is 9.78. The first-order valence-electron chi connectivity index (χ1n) is 6.89. The summed E-state index contributed by atoms with van der Waals surface area (Å²) in [5.41, 5.74) is 0. The lowest BCUT2D eigenvalue weighted by Gasteiger charge is -2.28. The zero-order chi connectivity index (χ0) is 15.6. The van der Waals surface area contributed by atoms with Crippen LogP contribution in [-0.2, 0) is 19.4 Å². The molecule has 120 valence electrons. The van der Waals surface area contributed by atoms with E-state index in [-0.39, 0.29) is 30.1 Å². The molecule has 0 aromatic heterocycles. The van der Waals surface area contributed by atoms with Gasteiger partial charge >= 0.3 is 12.0 Å². The summed E-state index contributed by atoms with van der Waals surface area (Å²) in [4.78, 5) is 24.3. The monoisotopic (exact) mass is 320 g/mol. The van der Waals surface area contributed by atoms with Crippen LogP contribution in [0.2, 0.25) is 0 Å². The molecule has 0 aromatic carbocycles. The van der Waals surface area contributed by atoms with E-state index in [1.807, 2.05) is 6.92 Å². The lowest BCUT2D eigenvalue weighted by atomic mass is 10.1. The number of carboxylic acids is 1. The van der Waals surface area contributed by atoms with Crippen LogP contribution in [0, 0.1) is 0 Å². The highest BCUT2D eigenvalue weighted by molar-refractivity contribution is 7.91. The Morgan fingerprint density at radius 3 is 2.57 bits per heavy atom. The van der Waals surface area contributed by atoms with Gasteiger partial charge < -0.3 is 20.1 Å². The van der Waals surface area contributed by atoms with Gasteiger partial charge in [-0.15, -0.1) is 0 Å². The Morgan fingerprint density at radius 1 is 1.38 bits per heavy atom. The second kappa shape index (κ2) is 6.18. The molecule has 2 aliphatic heterocycles. The highest BCUT2D eigenvalue weighted by Gasteiger charge is 2.37. The van der Waals surface area contributed by atoms with Gasteiger partial charge in [-0.1, -0.05) is 0 Å². The molecule has 0 bridgehead atoms. The normalized spacial score (nSPS) is 31.0. The average molecular weight is 320 g/mol. The van der Waals surface area contributed by atoms with Crippen LogP contribution >= 0.6 is 0 Å². The molecule has 2 amide bonds. The van der Waals surface area contributed by atoms with E-state index >= 15 is 0 Å². The van der Waals surface area contributed by atoms with E-state index in [2.05, 4.69) is 5.32 Å². The number of carbonyl (C=O) groups is 2. The maximum absolute atomic E-state index is 12.3. The summed E-state index contributed by atoms with van der Waals surface area (Å²) < 4.78 is 28.4. The summed E-state index contributed by atoms with van der Waals surface area (Å²) in [5, 5.41) is 11.7. The van der Waals surface area contributed by atoms with Crippen molar-refractivity contribution in [2.24, 2.45) is 0 Å². The maximum Gasteiger partial charge on any atom is 0.323 e. The molecule has 2 saturated heterocycles. The lowest BCUT2D eigenvalue weighted by Crippen LogP contribution is -2.52. The van der Waals surface area contributed by atoms with Crippen LogP contribution in [0.1, 0.15) is 19.8 Å². The van der Waals surface area contributed by atoms with Crippen LogP contribution in [0.3, 0.4) is 0 Å². The third-order valence-electron chi connectivity index (χ3n) is 3.90. The summed E-state index contributed by atoms with van der Waals surface area (Å²) in [6.07, 6.45) is 0.809. The van der Waals surface area contributed by atoms with Crippen LogP contribution in [0.15, 0.2) is 0 Å². The van der Waals surface area contributed by atoms with Gasteiger partial charge in [-0.3, -0.25) is 4.79 Å². The second-order valence-corrected chi connectivity index (χ2v) is 7.73. The quantitative estimate of drug-likeness (QED) is 0.718. The van der Waals surface area contributed by atoms with Gasteiger partial charge in [0.05, 0.1) is 23.7 Å². The first-order valence-corrected chi connectivity index (χ1v) is 8.71. The maximum atomic E-state index is 12.3. The fraction of sp³-hybridized carbons (Fsp3) is 0.833. The van der Waals surface area contributed by atoms with Crippen molar-refractivity contribution >= 4 is 21.8 Å². The van der Waals surface area contributed by atoms with Crippen LogP contribution in [0.25, 0.3) is 0 Å². The predicted octanol–water partition coefficient (Wildman–Crippen LogP) is -0.553. The highest BCUT2D eigenvalue weighted by atomic mass is 32.2. The number of carboxylic acid groups (broad SMARTS) is 1. The fourth-order valence-electron chi connectivity index (χ4n) is 2.70. The molecule has 0 radical (unpaired) electrons. The Morgan fingerprint density at radius 2 is 2.10 bits per heavy atom. The number of nitrogens with zero attached hydrogens (tertiary/aromatic N) is 1. The van der Waals surface area contributed by atoms with Gasteiger partial charge in [0.1, 0.15) is 6.54 Å². The molecule has 2 fully saturated rings. The van der Waals surface area contributed by atoms with E-state index in [0.29, 0.717) is 13.0 Å². The van der Waals surface area contributed by atoms with Crippen molar-refractivity contribution in [3.8, 4) is 0 Å². The molecule has 2 aliphatic rings. The Kier molecular flexibility index (Phi) is 4.72. The van der Waals surface area contributed by atoms with Gasteiger partial charge in [-0.05, 0) is 19.8 Å². The van der Waals surface area contributed by atoms with Crippen molar-refractivity contribution < 1.29 is 27.9 Å². The smallest absolute Gasteiger partial charge is 0.323 e. The number of aliphatic carboxylic acids is 1. The molecule has 2 N–H and O–H groups in total. The summed E-state index contributed by atoms with van der Waals surface area (Å²) in [6.45, 7) is 1.87. The van der Waals surface area contributed by atoms with Gasteiger partial charge in [-0.25, -0.2) is 13.2 Å². The predicted molar refractivity (Wildman–Crippen MR) is 73.8 cm³/mol. The minimum atomic E-state index is -3.19. The minimum Gasteiger partial charge on any atom is -0.480 e. The Labute approximate surface area is 123 Å². The molecule has 8 nitrogen and oxygen atoms in total. The molecule has 0 saturated carbocycles. The van der Waals surface area contributed by atoms with Gasteiger partial charge in [0.15, 0.2) is 9.84 Å². The van der Waals surface area contributed by atoms with Crippen molar-refractivity contribution in [3.63, 3.8) is 0 Å². The SMILES string of the molecule is CC1OCCC1NC(=O)N(CC(=O)O)C1CCS(=O)(=O)C1. The highest BCUT2D eigenvalue weighted by Crippen LogP contribution is 2.19. The largest absolute Gasteiger partial charge is 0.480 e. The van der Waals surface area contributed by atoms with Gasteiger partial charge in [0.25, 0.3) is 0 Å². The van der Waals surface area contributed by atoms with Gasteiger partial charge in [-0.2, -0.15) is 0 Å². The summed E-state index contributed by atoms with van der Waals surface area (Å²) >= 11 is 0. The number of nitrogens with one attached hydrogen (secondary N) is 1. The van der Waals surface area contributed by atoms with Crippen molar-refractivity contribution in [1.82, 2.24) is 10.2 Å². The Bertz CT molecular complexity index is 520. The van der Waals surface area contributed by atoms with Crippen molar-refractivity contribution in [2.75, 3.05) is 24.7 Å². The van der Waals surface area contributed by atoms with Crippen LogP contribution in [-0.4, -0.2) is 73.3 Å². The van der Waals surface area contributed by atoms with E-state index in [0.717, 1.165) is 4.90 Å². The molecule has 3 atom stereocenters. The van der Waals surface area contributed by atoms with Crippen LogP contribution in [0.5, 0.6) is 0 Å². The molecule has 9 heteroatoms. The summed E-state index contributed by atoms with van der Waals surface area (Å²) in [6, 6.07) is -1.29. The van der Waals surface area contributed by atoms with E-state index < -0.39 is 34.4 Å². The summed E-state index contributed by atoms with van der Waals surface area (Å²) in [5.74, 6) is -1.35. The third kappa shape index (κ3) is 4.07. The zero-order valence-corrected chi connectivity index (χ0v) is 12.6. The molecular weight excluding hydrogens is 300 g/mol. The molecule has 2 heterocycles. The van der Waals surface area contributed by atoms with E-state index in [4.69, 9.17) is 9.84 Å². The molecular formula is C12H20N2O6S. The number of urea groups is 1. The van der Waals surface area contributed by atoms with Crippen molar-refractivity contribution in [3.05, 3.63) is 0 Å².